The number of nitrogens with one attached hydrogen (secondary N) is 2. The van der Waals surface area contributed by atoms with Crippen molar-refractivity contribution in [1.29, 1.82) is 0 Å². The van der Waals surface area contributed by atoms with Crippen molar-refractivity contribution in [2.75, 3.05) is 12.4 Å². The first-order valence-electron chi connectivity index (χ1n) is 9.56. The third-order valence-electron chi connectivity index (χ3n) is 4.62. The fourth-order valence-electron chi connectivity index (χ4n) is 3.04. The Labute approximate surface area is 181 Å². The molecule has 0 saturated heterocycles. The summed E-state index contributed by atoms with van der Waals surface area (Å²) in [5.41, 5.74) is 1.87. The Balaban J connectivity index is 1.91. The van der Waals surface area contributed by atoms with Gasteiger partial charge in [-0.15, -0.1) is 0 Å². The van der Waals surface area contributed by atoms with Crippen LogP contribution in [-0.4, -0.2) is 27.5 Å². The van der Waals surface area contributed by atoms with Crippen LogP contribution in [0.2, 0.25) is 0 Å². The van der Waals surface area contributed by atoms with E-state index < -0.39 is 27.8 Å². The highest BCUT2D eigenvalue weighted by Gasteiger charge is 2.28. The lowest BCUT2D eigenvalue weighted by molar-refractivity contribution is -0.117. The molecule has 6 nitrogen and oxygen atoms in total. The van der Waals surface area contributed by atoms with Gasteiger partial charge >= 0.3 is 0 Å². The second-order valence-corrected chi connectivity index (χ2v) is 8.70. The van der Waals surface area contributed by atoms with Crippen LogP contribution in [0.4, 0.5) is 10.1 Å². The molecule has 3 rings (SSSR count). The Morgan fingerprint density at radius 1 is 1.03 bits per heavy atom. The summed E-state index contributed by atoms with van der Waals surface area (Å²) in [6.07, 6.45) is 0.126. The molecule has 3 aromatic rings. The number of rotatable bonds is 8. The van der Waals surface area contributed by atoms with Gasteiger partial charge in [-0.3, -0.25) is 4.79 Å². The lowest BCUT2D eigenvalue weighted by Gasteiger charge is -2.20. The van der Waals surface area contributed by atoms with E-state index in [0.29, 0.717) is 5.69 Å². The molecule has 2 N–H and O–H groups in total. The van der Waals surface area contributed by atoms with Crippen LogP contribution in [0.15, 0.2) is 77.7 Å². The van der Waals surface area contributed by atoms with Gasteiger partial charge in [0.1, 0.15) is 22.5 Å². The average Bonchev–Trinajstić information content (AvgIpc) is 2.75. The maximum absolute atomic E-state index is 13.2. The number of carbonyl (C=O) groups is 1. The Bertz CT molecular complexity index is 1150. The molecular weight excluding hydrogens is 419 g/mol. The molecule has 0 bridgehead atoms. The zero-order chi connectivity index (χ0) is 22.4. The first-order valence-corrected chi connectivity index (χ1v) is 11.0. The van der Waals surface area contributed by atoms with Crippen LogP contribution in [0.3, 0.4) is 0 Å². The molecule has 0 fully saturated rings. The van der Waals surface area contributed by atoms with Gasteiger partial charge in [-0.1, -0.05) is 36.4 Å². The summed E-state index contributed by atoms with van der Waals surface area (Å²) >= 11 is 0. The molecule has 0 unspecified atom stereocenters. The van der Waals surface area contributed by atoms with E-state index >= 15 is 0 Å². The molecule has 0 saturated carbocycles. The average molecular weight is 443 g/mol. The number of anilines is 1. The molecule has 1 amide bonds. The monoisotopic (exact) mass is 442 g/mol. The Morgan fingerprint density at radius 2 is 1.71 bits per heavy atom. The molecule has 0 radical (unpaired) electrons. The van der Waals surface area contributed by atoms with Gasteiger partial charge in [0.2, 0.25) is 15.9 Å². The number of hydrogen-bond donors (Lipinski definition) is 2. The van der Waals surface area contributed by atoms with Crippen LogP contribution >= 0.6 is 0 Å². The van der Waals surface area contributed by atoms with Gasteiger partial charge in [-0.05, 0) is 60.9 Å². The lowest BCUT2D eigenvalue weighted by Crippen LogP contribution is -2.45. The van der Waals surface area contributed by atoms with Gasteiger partial charge in [0.25, 0.3) is 0 Å². The maximum Gasteiger partial charge on any atom is 0.245 e. The van der Waals surface area contributed by atoms with Gasteiger partial charge in [0.05, 0.1) is 7.11 Å². The minimum Gasteiger partial charge on any atom is -0.495 e. The number of ether oxygens (including phenoxy) is 1. The quantitative estimate of drug-likeness (QED) is 0.558. The van der Waals surface area contributed by atoms with E-state index in [1.165, 1.54) is 37.4 Å². The fraction of sp³-hybridized carbons (Fsp3) is 0.174. The van der Waals surface area contributed by atoms with Crippen LogP contribution in [-0.2, 0) is 21.2 Å². The zero-order valence-corrected chi connectivity index (χ0v) is 17.9. The Morgan fingerprint density at radius 3 is 2.35 bits per heavy atom. The number of amides is 1. The van der Waals surface area contributed by atoms with Crippen molar-refractivity contribution in [3.63, 3.8) is 0 Å². The van der Waals surface area contributed by atoms with Gasteiger partial charge in [-0.2, -0.15) is 4.72 Å². The minimum atomic E-state index is -4.08. The summed E-state index contributed by atoms with van der Waals surface area (Å²) < 4.78 is 47.2. The molecule has 8 heteroatoms. The number of sulfonamides is 1. The lowest BCUT2D eigenvalue weighted by atomic mass is 10.1. The largest absolute Gasteiger partial charge is 0.495 e. The van der Waals surface area contributed by atoms with Crippen LogP contribution in [0.5, 0.6) is 5.75 Å². The van der Waals surface area contributed by atoms with E-state index in [-0.39, 0.29) is 17.1 Å². The SMILES string of the molecule is COc1ccc(C)cc1S(=O)(=O)N[C@@H](Cc1ccccc1)C(=O)Nc1ccc(F)cc1. The van der Waals surface area contributed by atoms with Crippen molar-refractivity contribution >= 4 is 21.6 Å². The number of methoxy groups -OCH3 is 1. The highest BCUT2D eigenvalue weighted by Crippen LogP contribution is 2.25. The normalized spacial score (nSPS) is 12.2. The first-order chi connectivity index (χ1) is 14.8. The molecule has 0 spiro atoms. The fourth-order valence-corrected chi connectivity index (χ4v) is 4.49. The Hall–Kier alpha value is -3.23. The second-order valence-electron chi connectivity index (χ2n) is 7.01. The van der Waals surface area contributed by atoms with E-state index in [4.69, 9.17) is 4.74 Å². The number of carbonyl (C=O) groups excluding carboxylic acids is 1. The number of halogens is 1. The molecule has 0 aliphatic heterocycles. The zero-order valence-electron chi connectivity index (χ0n) is 17.1. The number of benzene rings is 3. The van der Waals surface area contributed by atoms with E-state index in [1.807, 2.05) is 18.2 Å². The first kappa shape index (κ1) is 22.5. The molecule has 0 heterocycles. The van der Waals surface area contributed by atoms with Crippen molar-refractivity contribution in [3.8, 4) is 5.75 Å². The van der Waals surface area contributed by atoms with E-state index in [9.17, 15) is 17.6 Å². The van der Waals surface area contributed by atoms with E-state index in [1.54, 1.807) is 31.2 Å². The summed E-state index contributed by atoms with van der Waals surface area (Å²) in [7, 11) is -2.70. The maximum atomic E-state index is 13.2. The predicted molar refractivity (Wildman–Crippen MR) is 117 cm³/mol. The van der Waals surface area contributed by atoms with Gasteiger partial charge in [0, 0.05) is 5.69 Å². The summed E-state index contributed by atoms with van der Waals surface area (Å²) in [5.74, 6) is -0.827. The van der Waals surface area contributed by atoms with Gasteiger partial charge in [0.15, 0.2) is 0 Å². The third kappa shape index (κ3) is 5.90. The van der Waals surface area contributed by atoms with Crippen molar-refractivity contribution in [3.05, 3.63) is 89.7 Å². The molecule has 0 aliphatic carbocycles. The van der Waals surface area contributed by atoms with Crippen LogP contribution < -0.4 is 14.8 Å². The molecule has 0 aliphatic rings. The molecule has 3 aromatic carbocycles. The molecule has 31 heavy (non-hydrogen) atoms. The molecule has 1 atom stereocenters. The van der Waals surface area contributed by atoms with E-state index in [0.717, 1.165) is 11.1 Å². The predicted octanol–water partition coefficient (Wildman–Crippen LogP) is 3.67. The standard InChI is InChI=1S/C23H23FN2O4S/c1-16-8-13-21(30-2)22(14-16)31(28,29)26-20(15-17-6-4-3-5-7-17)23(27)25-19-11-9-18(24)10-12-19/h3-14,20,26H,15H2,1-2H3,(H,25,27)/t20-/m0/s1. The molecule has 0 aromatic heterocycles. The van der Waals surface area contributed by atoms with Gasteiger partial charge < -0.3 is 10.1 Å². The topological polar surface area (TPSA) is 84.5 Å². The van der Waals surface area contributed by atoms with Gasteiger partial charge in [-0.25, -0.2) is 12.8 Å². The minimum absolute atomic E-state index is 0.0531. The Kier molecular flexibility index (Phi) is 7.04. The summed E-state index contributed by atoms with van der Waals surface area (Å²) in [6, 6.07) is 18.0. The second kappa shape index (κ2) is 9.72. The third-order valence-corrected chi connectivity index (χ3v) is 6.11. The van der Waals surface area contributed by atoms with Crippen molar-refractivity contribution in [2.45, 2.75) is 24.3 Å². The van der Waals surface area contributed by atoms with Crippen molar-refractivity contribution in [1.82, 2.24) is 4.72 Å². The summed E-state index contributed by atoms with van der Waals surface area (Å²) in [4.78, 5) is 12.9. The van der Waals surface area contributed by atoms with Crippen LogP contribution in [0.25, 0.3) is 0 Å². The number of hydrogen-bond acceptors (Lipinski definition) is 4. The highest BCUT2D eigenvalue weighted by molar-refractivity contribution is 7.89. The van der Waals surface area contributed by atoms with Crippen molar-refractivity contribution in [2.24, 2.45) is 0 Å². The molecular formula is C23H23FN2O4S. The van der Waals surface area contributed by atoms with Crippen LogP contribution in [0, 0.1) is 12.7 Å². The molecule has 162 valence electrons. The van der Waals surface area contributed by atoms with E-state index in [2.05, 4.69) is 10.0 Å². The van der Waals surface area contributed by atoms with Crippen LogP contribution in [0.1, 0.15) is 11.1 Å². The number of aryl methyl sites for hydroxylation is 1. The smallest absolute Gasteiger partial charge is 0.245 e. The highest BCUT2D eigenvalue weighted by atomic mass is 32.2. The summed E-state index contributed by atoms with van der Waals surface area (Å²) in [5, 5.41) is 2.64. The van der Waals surface area contributed by atoms with Crippen molar-refractivity contribution < 1.29 is 22.3 Å². The summed E-state index contributed by atoms with van der Waals surface area (Å²) in [6.45, 7) is 1.77.